The number of pyridine rings is 1. The van der Waals surface area contributed by atoms with Gasteiger partial charge in [0.05, 0.1) is 12.8 Å². The van der Waals surface area contributed by atoms with Crippen molar-refractivity contribution in [1.29, 1.82) is 0 Å². The molecule has 3 heteroatoms. The molecule has 1 heterocycles. The van der Waals surface area contributed by atoms with Crippen LogP contribution in [0.4, 0.5) is 4.39 Å². The Hall–Kier alpha value is -1.12. The largest absolute Gasteiger partial charge is 0.493 e. The fourth-order valence-electron chi connectivity index (χ4n) is 1.46. The van der Waals surface area contributed by atoms with Gasteiger partial charge < -0.3 is 4.74 Å². The zero-order valence-corrected chi connectivity index (χ0v) is 8.44. The molecule has 0 amide bonds. The van der Waals surface area contributed by atoms with E-state index < -0.39 is 0 Å². The summed E-state index contributed by atoms with van der Waals surface area (Å²) < 4.78 is 18.5. The van der Waals surface area contributed by atoms with E-state index in [2.05, 4.69) is 4.98 Å². The highest BCUT2D eigenvalue weighted by molar-refractivity contribution is 5.39. The summed E-state index contributed by atoms with van der Waals surface area (Å²) in [5, 5.41) is 0. The third-order valence-corrected chi connectivity index (χ3v) is 2.12. The zero-order valence-electron chi connectivity index (χ0n) is 8.44. The van der Waals surface area contributed by atoms with Gasteiger partial charge in [-0.3, -0.25) is 4.98 Å². The lowest BCUT2D eigenvalue weighted by atomic mass is 10.1. The highest BCUT2D eigenvalue weighted by atomic mass is 19.1. The average Bonchev–Trinajstić information content (AvgIpc) is 2.10. The van der Waals surface area contributed by atoms with Gasteiger partial charge in [0.1, 0.15) is 0 Å². The minimum Gasteiger partial charge on any atom is -0.493 e. The molecule has 0 spiro atoms. The maximum atomic E-state index is 13.4. The van der Waals surface area contributed by atoms with Crippen LogP contribution < -0.4 is 4.74 Å². The smallest absolute Gasteiger partial charge is 0.186 e. The molecule has 0 aliphatic heterocycles. The van der Waals surface area contributed by atoms with Crippen LogP contribution in [0, 0.1) is 19.7 Å². The highest BCUT2D eigenvalue weighted by Crippen LogP contribution is 2.26. The molecule has 1 aromatic rings. The molecule has 0 N–H and O–H groups in total. The van der Waals surface area contributed by atoms with Gasteiger partial charge >= 0.3 is 0 Å². The molecule has 0 unspecified atom stereocenters. The third kappa shape index (κ3) is 1.64. The number of ether oxygens (including phenoxy) is 1. The Labute approximate surface area is 77.8 Å². The van der Waals surface area contributed by atoms with E-state index in [1.165, 1.54) is 7.11 Å². The first-order valence-electron chi connectivity index (χ1n) is 4.31. The Morgan fingerprint density at radius 3 is 2.38 bits per heavy atom. The first-order valence-corrected chi connectivity index (χ1v) is 4.31. The van der Waals surface area contributed by atoms with Gasteiger partial charge in [-0.15, -0.1) is 0 Å². The van der Waals surface area contributed by atoms with Crippen LogP contribution in [-0.2, 0) is 6.42 Å². The van der Waals surface area contributed by atoms with Crippen molar-refractivity contribution in [3.05, 3.63) is 22.8 Å². The van der Waals surface area contributed by atoms with Gasteiger partial charge in [-0.2, -0.15) is 0 Å². The molecule has 72 valence electrons. The highest BCUT2D eigenvalue weighted by Gasteiger charge is 2.14. The second-order valence-corrected chi connectivity index (χ2v) is 2.96. The van der Waals surface area contributed by atoms with Crippen molar-refractivity contribution < 1.29 is 9.13 Å². The molecule has 13 heavy (non-hydrogen) atoms. The van der Waals surface area contributed by atoms with Crippen molar-refractivity contribution in [2.24, 2.45) is 0 Å². The van der Waals surface area contributed by atoms with Gasteiger partial charge in [-0.25, -0.2) is 4.39 Å². The van der Waals surface area contributed by atoms with Gasteiger partial charge in [0.15, 0.2) is 11.6 Å². The van der Waals surface area contributed by atoms with E-state index in [1.807, 2.05) is 13.8 Å². The lowest BCUT2D eigenvalue weighted by Gasteiger charge is -2.11. The number of methoxy groups -OCH3 is 1. The van der Waals surface area contributed by atoms with E-state index in [0.29, 0.717) is 11.4 Å². The van der Waals surface area contributed by atoms with Crippen LogP contribution in [0.15, 0.2) is 0 Å². The van der Waals surface area contributed by atoms with E-state index in [1.54, 1.807) is 6.92 Å². The number of nitrogens with zero attached hydrogens (tertiary/aromatic N) is 1. The summed E-state index contributed by atoms with van der Waals surface area (Å²) in [5.74, 6) is -0.00236. The average molecular weight is 183 g/mol. The standard InChI is InChI=1S/C10H14FNO/c1-5-8-6(2)12-7(3)9(11)10(8)13-4/h5H2,1-4H3. The first kappa shape index (κ1) is 9.96. The van der Waals surface area contributed by atoms with Crippen LogP contribution in [0.5, 0.6) is 5.75 Å². The van der Waals surface area contributed by atoms with Crippen molar-refractivity contribution in [2.45, 2.75) is 27.2 Å². The monoisotopic (exact) mass is 183 g/mol. The van der Waals surface area contributed by atoms with E-state index >= 15 is 0 Å². The predicted molar refractivity (Wildman–Crippen MR) is 49.6 cm³/mol. The molecule has 1 aromatic heterocycles. The fourth-order valence-corrected chi connectivity index (χ4v) is 1.46. The number of aromatic nitrogens is 1. The third-order valence-electron chi connectivity index (χ3n) is 2.12. The molecule has 0 atom stereocenters. The van der Waals surface area contributed by atoms with Gasteiger partial charge in [0.25, 0.3) is 0 Å². The number of hydrogen-bond donors (Lipinski definition) is 0. The normalized spacial score (nSPS) is 10.2. The second-order valence-electron chi connectivity index (χ2n) is 2.96. The van der Waals surface area contributed by atoms with E-state index in [4.69, 9.17) is 4.74 Å². The van der Waals surface area contributed by atoms with Gasteiger partial charge in [0.2, 0.25) is 0 Å². The van der Waals surface area contributed by atoms with Crippen molar-refractivity contribution in [3.8, 4) is 5.75 Å². The number of rotatable bonds is 2. The Morgan fingerprint density at radius 2 is 1.92 bits per heavy atom. The molecule has 0 bridgehead atoms. The molecule has 2 nitrogen and oxygen atoms in total. The molecule has 0 aliphatic carbocycles. The maximum Gasteiger partial charge on any atom is 0.186 e. The van der Waals surface area contributed by atoms with Crippen LogP contribution in [0.3, 0.4) is 0 Å². The van der Waals surface area contributed by atoms with Crippen LogP contribution >= 0.6 is 0 Å². The fraction of sp³-hybridized carbons (Fsp3) is 0.500. The first-order chi connectivity index (χ1) is 6.11. The summed E-state index contributed by atoms with van der Waals surface area (Å²) in [6, 6.07) is 0. The van der Waals surface area contributed by atoms with Gasteiger partial charge in [-0.05, 0) is 20.3 Å². The summed E-state index contributed by atoms with van der Waals surface area (Å²) in [5.41, 5.74) is 2.09. The second kappa shape index (κ2) is 3.73. The molecule has 0 fully saturated rings. The van der Waals surface area contributed by atoms with Crippen LogP contribution in [0.1, 0.15) is 23.9 Å². The maximum absolute atomic E-state index is 13.4. The molecular formula is C10H14FNO. The minimum atomic E-state index is -0.343. The molecule has 1 rings (SSSR count). The predicted octanol–water partition coefficient (Wildman–Crippen LogP) is 2.41. The summed E-state index contributed by atoms with van der Waals surface area (Å²) >= 11 is 0. The van der Waals surface area contributed by atoms with Crippen LogP contribution in [-0.4, -0.2) is 12.1 Å². The molecule has 0 aromatic carbocycles. The minimum absolute atomic E-state index is 0.340. The number of halogens is 1. The molecule has 0 saturated heterocycles. The van der Waals surface area contributed by atoms with Crippen LogP contribution in [0.25, 0.3) is 0 Å². The molecular weight excluding hydrogens is 169 g/mol. The molecule has 0 radical (unpaired) electrons. The zero-order chi connectivity index (χ0) is 10.0. The van der Waals surface area contributed by atoms with E-state index in [9.17, 15) is 4.39 Å². The Balaban J connectivity index is 3.41. The Morgan fingerprint density at radius 1 is 1.31 bits per heavy atom. The quantitative estimate of drug-likeness (QED) is 0.702. The van der Waals surface area contributed by atoms with Gasteiger partial charge in [-0.1, -0.05) is 6.92 Å². The van der Waals surface area contributed by atoms with Crippen LogP contribution in [0.2, 0.25) is 0 Å². The lowest BCUT2D eigenvalue weighted by molar-refractivity contribution is 0.377. The van der Waals surface area contributed by atoms with Crippen molar-refractivity contribution >= 4 is 0 Å². The summed E-state index contributed by atoms with van der Waals surface area (Å²) in [6.45, 7) is 5.47. The lowest BCUT2D eigenvalue weighted by Crippen LogP contribution is -2.02. The summed E-state index contributed by atoms with van der Waals surface area (Å²) in [6.07, 6.45) is 0.735. The number of hydrogen-bond acceptors (Lipinski definition) is 2. The van der Waals surface area contributed by atoms with E-state index in [-0.39, 0.29) is 5.82 Å². The van der Waals surface area contributed by atoms with Crippen molar-refractivity contribution in [1.82, 2.24) is 4.98 Å². The topological polar surface area (TPSA) is 22.1 Å². The molecule has 0 aliphatic rings. The summed E-state index contributed by atoms with van der Waals surface area (Å²) in [4.78, 5) is 4.10. The Bertz CT molecular complexity index is 323. The SMILES string of the molecule is CCc1c(C)nc(C)c(F)c1OC. The van der Waals surface area contributed by atoms with E-state index in [0.717, 1.165) is 17.7 Å². The Kier molecular flexibility index (Phi) is 2.86. The summed E-state index contributed by atoms with van der Waals surface area (Å²) in [7, 11) is 1.48. The van der Waals surface area contributed by atoms with Gasteiger partial charge in [0, 0.05) is 11.3 Å². The number of aryl methyl sites for hydroxylation is 2. The van der Waals surface area contributed by atoms with Crippen molar-refractivity contribution in [2.75, 3.05) is 7.11 Å². The molecule has 0 saturated carbocycles. The van der Waals surface area contributed by atoms with Crippen molar-refractivity contribution in [3.63, 3.8) is 0 Å².